The lowest BCUT2D eigenvalue weighted by atomic mass is 9.84. The van der Waals surface area contributed by atoms with Crippen LogP contribution >= 0.6 is 0 Å². The van der Waals surface area contributed by atoms with E-state index in [0.717, 1.165) is 6.42 Å². The second-order valence-electron chi connectivity index (χ2n) is 4.68. The van der Waals surface area contributed by atoms with Gasteiger partial charge in [0.05, 0.1) is 0 Å². The zero-order chi connectivity index (χ0) is 11.3. The molecule has 0 bridgehead atoms. The Morgan fingerprint density at radius 2 is 1.87 bits per heavy atom. The summed E-state index contributed by atoms with van der Waals surface area (Å²) in [5.41, 5.74) is 5.48. The van der Waals surface area contributed by atoms with Crippen molar-refractivity contribution in [3.63, 3.8) is 0 Å². The van der Waals surface area contributed by atoms with Gasteiger partial charge in [-0.1, -0.05) is 32.1 Å². The van der Waals surface area contributed by atoms with Gasteiger partial charge in [0.15, 0.2) is 0 Å². The summed E-state index contributed by atoms with van der Waals surface area (Å²) >= 11 is 0. The van der Waals surface area contributed by atoms with E-state index in [-0.39, 0.29) is 6.04 Å². The van der Waals surface area contributed by atoms with Crippen LogP contribution in [0.15, 0.2) is 0 Å². The molecule has 0 aliphatic heterocycles. The molecular formula is C11H24N2O2. The Kier molecular flexibility index (Phi) is 5.53. The Morgan fingerprint density at radius 3 is 2.33 bits per heavy atom. The van der Waals surface area contributed by atoms with Crippen molar-refractivity contribution in [2.75, 3.05) is 0 Å². The van der Waals surface area contributed by atoms with Crippen molar-refractivity contribution in [2.24, 2.45) is 11.7 Å². The number of nitrogens with one attached hydrogen (secondary N) is 1. The van der Waals surface area contributed by atoms with Gasteiger partial charge in [-0.3, -0.25) is 5.32 Å². The lowest BCUT2D eigenvalue weighted by molar-refractivity contribution is 0.0637. The van der Waals surface area contributed by atoms with Crippen LogP contribution in [0.5, 0.6) is 0 Å². The van der Waals surface area contributed by atoms with Crippen molar-refractivity contribution < 1.29 is 10.2 Å². The maximum absolute atomic E-state index is 9.40. The predicted octanol–water partition coefficient (Wildman–Crippen LogP) is 0.530. The van der Waals surface area contributed by atoms with Gasteiger partial charge in [-0.15, -0.1) is 0 Å². The Morgan fingerprint density at radius 1 is 1.27 bits per heavy atom. The Labute approximate surface area is 91.9 Å². The molecule has 4 heteroatoms. The summed E-state index contributed by atoms with van der Waals surface area (Å²) in [6, 6.07) is -0.187. The van der Waals surface area contributed by atoms with Crippen molar-refractivity contribution in [3.8, 4) is 0 Å². The number of hydrogen-bond acceptors (Lipinski definition) is 4. The second kappa shape index (κ2) is 6.43. The summed E-state index contributed by atoms with van der Waals surface area (Å²) in [6.07, 6.45) is 5.71. The molecule has 15 heavy (non-hydrogen) atoms. The minimum absolute atomic E-state index is 0.187. The maximum atomic E-state index is 9.40. The minimum Gasteiger partial charge on any atom is -0.379 e. The number of rotatable bonds is 5. The van der Waals surface area contributed by atoms with Crippen LogP contribution < -0.4 is 11.1 Å². The Hall–Kier alpha value is -0.160. The summed E-state index contributed by atoms with van der Waals surface area (Å²) in [5, 5.41) is 21.5. The molecule has 0 aromatic carbocycles. The average molecular weight is 216 g/mol. The number of nitrogens with two attached hydrogens (primary N) is 1. The Bertz CT molecular complexity index is 168. The SMILES string of the molecule is CC(O)N[C@@H](CC1CCCCC1)C(N)O. The zero-order valence-electron chi connectivity index (χ0n) is 9.52. The van der Waals surface area contributed by atoms with Crippen molar-refractivity contribution in [1.29, 1.82) is 0 Å². The van der Waals surface area contributed by atoms with Gasteiger partial charge in [0, 0.05) is 6.04 Å². The molecule has 1 aliphatic carbocycles. The fourth-order valence-electron chi connectivity index (χ4n) is 2.40. The van der Waals surface area contributed by atoms with Crippen LogP contribution in [0.4, 0.5) is 0 Å². The average Bonchev–Trinajstić information content (AvgIpc) is 2.17. The van der Waals surface area contributed by atoms with Crippen LogP contribution in [-0.4, -0.2) is 28.7 Å². The summed E-state index contributed by atoms with van der Waals surface area (Å²) < 4.78 is 0. The van der Waals surface area contributed by atoms with Crippen LogP contribution in [0.2, 0.25) is 0 Å². The Balaban J connectivity index is 2.35. The van der Waals surface area contributed by atoms with E-state index in [2.05, 4.69) is 5.32 Å². The molecule has 1 rings (SSSR count). The summed E-state index contributed by atoms with van der Waals surface area (Å²) in [5.74, 6) is 0.646. The smallest absolute Gasteiger partial charge is 0.117 e. The van der Waals surface area contributed by atoms with E-state index in [9.17, 15) is 10.2 Å². The van der Waals surface area contributed by atoms with Crippen molar-refractivity contribution in [2.45, 2.75) is 63.9 Å². The molecule has 0 aromatic heterocycles. The van der Waals surface area contributed by atoms with Crippen LogP contribution in [0, 0.1) is 5.92 Å². The quantitative estimate of drug-likeness (QED) is 0.506. The van der Waals surface area contributed by atoms with Gasteiger partial charge in [0.1, 0.15) is 12.5 Å². The topological polar surface area (TPSA) is 78.5 Å². The van der Waals surface area contributed by atoms with Crippen LogP contribution in [0.3, 0.4) is 0 Å². The standard InChI is InChI=1S/C11H24N2O2/c1-8(14)13-10(11(12)15)7-9-5-3-2-4-6-9/h8-11,13-15H,2-7,12H2,1H3/t8?,10-,11?/m0/s1. The first-order chi connectivity index (χ1) is 7.09. The van der Waals surface area contributed by atoms with Gasteiger partial charge in [-0.2, -0.15) is 0 Å². The molecule has 1 saturated carbocycles. The predicted molar refractivity (Wildman–Crippen MR) is 60.0 cm³/mol. The summed E-state index contributed by atoms with van der Waals surface area (Å²) in [6.45, 7) is 1.65. The van der Waals surface area contributed by atoms with E-state index in [4.69, 9.17) is 5.73 Å². The van der Waals surface area contributed by atoms with Gasteiger partial charge < -0.3 is 15.9 Å². The third-order valence-electron chi connectivity index (χ3n) is 3.18. The molecule has 0 heterocycles. The highest BCUT2D eigenvalue weighted by atomic mass is 16.3. The molecule has 1 aliphatic rings. The molecule has 0 spiro atoms. The number of hydrogen-bond donors (Lipinski definition) is 4. The molecular weight excluding hydrogens is 192 g/mol. The first-order valence-corrected chi connectivity index (χ1v) is 5.97. The first kappa shape index (κ1) is 12.9. The van der Waals surface area contributed by atoms with Crippen molar-refractivity contribution >= 4 is 0 Å². The number of aliphatic hydroxyl groups is 2. The lowest BCUT2D eigenvalue weighted by Gasteiger charge is -2.29. The molecule has 0 amide bonds. The molecule has 4 nitrogen and oxygen atoms in total. The van der Waals surface area contributed by atoms with E-state index in [1.807, 2.05) is 0 Å². The van der Waals surface area contributed by atoms with E-state index >= 15 is 0 Å². The monoisotopic (exact) mass is 216 g/mol. The minimum atomic E-state index is -0.887. The first-order valence-electron chi connectivity index (χ1n) is 5.97. The maximum Gasteiger partial charge on any atom is 0.117 e. The van der Waals surface area contributed by atoms with Gasteiger partial charge in [0.2, 0.25) is 0 Å². The van der Waals surface area contributed by atoms with Crippen LogP contribution in [0.1, 0.15) is 45.4 Å². The van der Waals surface area contributed by atoms with Crippen LogP contribution in [0.25, 0.3) is 0 Å². The molecule has 0 saturated heterocycles. The van der Waals surface area contributed by atoms with E-state index in [1.54, 1.807) is 6.92 Å². The molecule has 0 aromatic rings. The molecule has 90 valence electrons. The van der Waals surface area contributed by atoms with Crippen LogP contribution in [-0.2, 0) is 0 Å². The lowest BCUT2D eigenvalue weighted by Crippen LogP contribution is -2.49. The fourth-order valence-corrected chi connectivity index (χ4v) is 2.40. The highest BCUT2D eigenvalue weighted by Crippen LogP contribution is 2.27. The number of aliphatic hydroxyl groups excluding tert-OH is 2. The van der Waals surface area contributed by atoms with Crippen molar-refractivity contribution in [1.82, 2.24) is 5.32 Å². The zero-order valence-corrected chi connectivity index (χ0v) is 9.52. The molecule has 2 unspecified atom stereocenters. The third-order valence-corrected chi connectivity index (χ3v) is 3.18. The summed E-state index contributed by atoms with van der Waals surface area (Å²) in [7, 11) is 0. The van der Waals surface area contributed by atoms with Gasteiger partial charge in [-0.25, -0.2) is 0 Å². The van der Waals surface area contributed by atoms with E-state index in [0.29, 0.717) is 5.92 Å². The van der Waals surface area contributed by atoms with Gasteiger partial charge in [0.25, 0.3) is 0 Å². The van der Waals surface area contributed by atoms with E-state index < -0.39 is 12.5 Å². The van der Waals surface area contributed by atoms with Crippen molar-refractivity contribution in [3.05, 3.63) is 0 Å². The van der Waals surface area contributed by atoms with E-state index in [1.165, 1.54) is 32.1 Å². The van der Waals surface area contributed by atoms with Gasteiger partial charge >= 0.3 is 0 Å². The highest BCUT2D eigenvalue weighted by Gasteiger charge is 2.23. The molecule has 3 atom stereocenters. The molecule has 0 radical (unpaired) electrons. The highest BCUT2D eigenvalue weighted by molar-refractivity contribution is 4.78. The molecule has 1 fully saturated rings. The summed E-state index contributed by atoms with van der Waals surface area (Å²) in [4.78, 5) is 0. The molecule has 5 N–H and O–H groups in total. The van der Waals surface area contributed by atoms with Gasteiger partial charge in [-0.05, 0) is 19.3 Å². The second-order valence-corrected chi connectivity index (χ2v) is 4.68. The fraction of sp³-hybridized carbons (Fsp3) is 1.00. The largest absolute Gasteiger partial charge is 0.379 e. The normalized spacial score (nSPS) is 24.8. The third kappa shape index (κ3) is 4.93.